The van der Waals surface area contributed by atoms with Gasteiger partial charge in [0.05, 0.1) is 0 Å². The van der Waals surface area contributed by atoms with E-state index in [1.165, 1.54) is 4.46 Å². The van der Waals surface area contributed by atoms with Crippen molar-refractivity contribution in [2.45, 2.75) is 35.3 Å². The molecule has 1 heterocycles. The molecule has 0 fully saturated rings. The van der Waals surface area contributed by atoms with E-state index in [2.05, 4.69) is 29.2 Å². The molecular formula is C19H20N2O2SSe. The standard InChI is InChI=1S/C19H20N2O2SSe/c1-16-8-10-17(11-9-16)24(22,23)19-20-12-14-21(19)13-5-15-25-18-6-3-2-4-7-18/h2-4,6-12,14H,5,13,15H2,1H3. The number of hydrogen-bond donors (Lipinski definition) is 0. The third-order valence-electron chi connectivity index (χ3n) is 3.80. The van der Waals surface area contributed by atoms with Crippen LogP contribution in [0.3, 0.4) is 0 Å². The van der Waals surface area contributed by atoms with E-state index in [1.54, 1.807) is 29.1 Å². The summed E-state index contributed by atoms with van der Waals surface area (Å²) in [6.07, 6.45) is 4.24. The normalized spacial score (nSPS) is 11.6. The van der Waals surface area contributed by atoms with Crippen molar-refractivity contribution < 1.29 is 8.42 Å². The summed E-state index contributed by atoms with van der Waals surface area (Å²) in [5.74, 6) is 0. The summed E-state index contributed by atoms with van der Waals surface area (Å²) in [5, 5.41) is 1.20. The Bertz CT molecular complexity index is 920. The molecule has 0 unspecified atom stereocenters. The van der Waals surface area contributed by atoms with Crippen molar-refractivity contribution in [3.63, 3.8) is 0 Å². The molecule has 3 aromatic rings. The fourth-order valence-corrected chi connectivity index (χ4v) is 5.64. The van der Waals surface area contributed by atoms with E-state index < -0.39 is 9.84 Å². The molecule has 0 spiro atoms. The summed E-state index contributed by atoms with van der Waals surface area (Å²) >= 11 is 0.415. The number of hydrogen-bond acceptors (Lipinski definition) is 3. The zero-order chi connectivity index (χ0) is 17.7. The van der Waals surface area contributed by atoms with Gasteiger partial charge in [0.25, 0.3) is 0 Å². The van der Waals surface area contributed by atoms with Crippen LogP contribution < -0.4 is 4.46 Å². The van der Waals surface area contributed by atoms with Crippen LogP contribution in [0.1, 0.15) is 12.0 Å². The summed E-state index contributed by atoms with van der Waals surface area (Å²) in [5.41, 5.74) is 1.03. The van der Waals surface area contributed by atoms with Gasteiger partial charge in [0, 0.05) is 0 Å². The topological polar surface area (TPSA) is 52.0 Å². The Morgan fingerprint density at radius 2 is 1.76 bits per heavy atom. The van der Waals surface area contributed by atoms with Crippen molar-refractivity contribution in [3.05, 3.63) is 72.6 Å². The average Bonchev–Trinajstić information content (AvgIpc) is 3.09. The van der Waals surface area contributed by atoms with Crippen LogP contribution >= 0.6 is 0 Å². The Morgan fingerprint density at radius 3 is 2.48 bits per heavy atom. The first-order chi connectivity index (χ1) is 12.1. The third kappa shape index (κ3) is 4.40. The number of nitrogens with zero attached hydrogens (tertiary/aromatic N) is 2. The monoisotopic (exact) mass is 420 g/mol. The van der Waals surface area contributed by atoms with Crippen molar-refractivity contribution in [1.29, 1.82) is 0 Å². The van der Waals surface area contributed by atoms with Crippen LogP contribution in [-0.4, -0.2) is 32.9 Å². The minimum absolute atomic E-state index is 0.128. The molecule has 1 aromatic heterocycles. The van der Waals surface area contributed by atoms with Gasteiger partial charge in [-0.3, -0.25) is 0 Å². The van der Waals surface area contributed by atoms with E-state index in [9.17, 15) is 8.42 Å². The summed E-state index contributed by atoms with van der Waals surface area (Å²) in [6.45, 7) is 2.60. The SMILES string of the molecule is Cc1ccc(S(=O)(=O)c2nccn2CCC[Se]c2ccccc2)cc1. The number of benzene rings is 2. The maximum atomic E-state index is 12.8. The molecule has 0 aliphatic rings. The maximum absolute atomic E-state index is 12.8. The number of rotatable bonds is 7. The molecule has 0 aliphatic carbocycles. The summed E-state index contributed by atoms with van der Waals surface area (Å²) in [4.78, 5) is 4.39. The van der Waals surface area contributed by atoms with E-state index in [4.69, 9.17) is 0 Å². The van der Waals surface area contributed by atoms with Crippen molar-refractivity contribution >= 4 is 29.3 Å². The van der Waals surface area contributed by atoms with Gasteiger partial charge in [-0.25, -0.2) is 0 Å². The van der Waals surface area contributed by atoms with Gasteiger partial charge in [0.2, 0.25) is 0 Å². The minimum atomic E-state index is -3.58. The van der Waals surface area contributed by atoms with Gasteiger partial charge >= 0.3 is 155 Å². The zero-order valence-electron chi connectivity index (χ0n) is 14.0. The van der Waals surface area contributed by atoms with Crippen LogP contribution in [0.5, 0.6) is 0 Å². The molecule has 0 radical (unpaired) electrons. The van der Waals surface area contributed by atoms with Crippen LogP contribution in [0.15, 0.2) is 77.0 Å². The van der Waals surface area contributed by atoms with E-state index in [0.29, 0.717) is 26.4 Å². The van der Waals surface area contributed by atoms with Crippen molar-refractivity contribution in [2.75, 3.05) is 0 Å². The van der Waals surface area contributed by atoms with Crippen LogP contribution in [0.4, 0.5) is 0 Å². The fourth-order valence-electron chi connectivity index (χ4n) is 2.47. The first-order valence-electron chi connectivity index (χ1n) is 8.08. The van der Waals surface area contributed by atoms with Gasteiger partial charge in [-0.2, -0.15) is 0 Å². The van der Waals surface area contributed by atoms with E-state index in [-0.39, 0.29) is 5.16 Å². The quantitative estimate of drug-likeness (QED) is 0.437. The van der Waals surface area contributed by atoms with Crippen molar-refractivity contribution in [3.8, 4) is 0 Å². The Hall–Kier alpha value is -1.88. The summed E-state index contributed by atoms with van der Waals surface area (Å²) < 4.78 is 28.7. The van der Waals surface area contributed by atoms with Crippen molar-refractivity contribution in [1.82, 2.24) is 9.55 Å². The van der Waals surface area contributed by atoms with Gasteiger partial charge in [-0.15, -0.1) is 0 Å². The Balaban J connectivity index is 1.67. The number of aryl methyl sites for hydroxylation is 2. The fraction of sp³-hybridized carbons (Fsp3) is 0.211. The molecule has 0 aliphatic heterocycles. The molecular weight excluding hydrogens is 399 g/mol. The Labute approximate surface area is 155 Å². The first kappa shape index (κ1) is 17.9. The molecule has 25 heavy (non-hydrogen) atoms. The Morgan fingerprint density at radius 1 is 1.04 bits per heavy atom. The van der Waals surface area contributed by atoms with Crippen LogP contribution in [0.25, 0.3) is 0 Å². The second-order valence-electron chi connectivity index (χ2n) is 5.73. The van der Waals surface area contributed by atoms with E-state index in [0.717, 1.165) is 17.3 Å². The third-order valence-corrected chi connectivity index (χ3v) is 7.82. The summed E-state index contributed by atoms with van der Waals surface area (Å²) in [6, 6.07) is 17.3. The molecule has 3 rings (SSSR count). The zero-order valence-corrected chi connectivity index (χ0v) is 16.5. The van der Waals surface area contributed by atoms with Crippen LogP contribution in [-0.2, 0) is 16.4 Å². The first-order valence-corrected chi connectivity index (χ1v) is 11.6. The molecule has 4 nitrogen and oxygen atoms in total. The van der Waals surface area contributed by atoms with Crippen molar-refractivity contribution in [2.24, 2.45) is 0 Å². The van der Waals surface area contributed by atoms with Gasteiger partial charge in [0.1, 0.15) is 0 Å². The molecule has 0 amide bonds. The molecule has 6 heteroatoms. The molecule has 0 N–H and O–H groups in total. The predicted octanol–water partition coefficient (Wildman–Crippen LogP) is 2.86. The second kappa shape index (κ2) is 8.00. The van der Waals surface area contributed by atoms with Crippen LogP contribution in [0.2, 0.25) is 5.32 Å². The number of sulfone groups is 1. The molecule has 130 valence electrons. The molecule has 0 saturated carbocycles. The second-order valence-corrected chi connectivity index (χ2v) is 10.0. The molecule has 0 bridgehead atoms. The number of imidazole rings is 1. The van der Waals surface area contributed by atoms with E-state index >= 15 is 0 Å². The average molecular weight is 419 g/mol. The van der Waals surface area contributed by atoms with Crippen LogP contribution in [0, 0.1) is 6.92 Å². The van der Waals surface area contributed by atoms with Gasteiger partial charge < -0.3 is 0 Å². The number of aromatic nitrogens is 2. The molecule has 2 aromatic carbocycles. The van der Waals surface area contributed by atoms with Gasteiger partial charge in [0.15, 0.2) is 0 Å². The molecule has 0 saturated heterocycles. The van der Waals surface area contributed by atoms with E-state index in [1.807, 2.05) is 25.1 Å². The van der Waals surface area contributed by atoms with Gasteiger partial charge in [-0.05, 0) is 0 Å². The molecule has 0 atom stereocenters. The van der Waals surface area contributed by atoms with Gasteiger partial charge in [-0.1, -0.05) is 0 Å². The Kier molecular flexibility index (Phi) is 5.74. The predicted molar refractivity (Wildman–Crippen MR) is 100 cm³/mol. The summed E-state index contributed by atoms with van der Waals surface area (Å²) in [7, 11) is -3.58.